The maximum Gasteiger partial charge on any atom is 0.410 e. The normalized spacial score (nSPS) is 28.3. The third-order valence-corrected chi connectivity index (χ3v) is 16.4. The van der Waals surface area contributed by atoms with E-state index in [2.05, 4.69) is 10.6 Å². The second kappa shape index (κ2) is 29.4. The van der Waals surface area contributed by atoms with E-state index in [1.165, 1.54) is 59.6 Å². The molecule has 24 heteroatoms. The molecule has 0 spiro atoms. The molecule has 0 radical (unpaired) electrons. The van der Waals surface area contributed by atoms with Crippen molar-refractivity contribution in [3.63, 3.8) is 0 Å². The molecule has 1 aromatic carbocycles. The Morgan fingerprint density at radius 1 is 1.06 bits per heavy atom. The van der Waals surface area contributed by atoms with Gasteiger partial charge in [0, 0.05) is 79.4 Å². The number of thioether (sulfide) groups is 2. The highest BCUT2D eigenvalue weighted by atomic mass is 35.5. The number of halogens is 1. The number of epoxide rings is 1. The molecular weight excluding hydrogens is 1070 g/mol. The van der Waals surface area contributed by atoms with Gasteiger partial charge in [0.15, 0.2) is 5.72 Å². The van der Waals surface area contributed by atoms with Gasteiger partial charge in [-0.2, -0.15) is 11.8 Å². The van der Waals surface area contributed by atoms with Gasteiger partial charge >= 0.3 is 18.2 Å². The summed E-state index contributed by atoms with van der Waals surface area (Å²) in [5.41, 5.74) is -1.18. The summed E-state index contributed by atoms with van der Waals surface area (Å²) in [5.74, 6) is -1.54. The molecule has 2 unspecified atom stereocenters. The van der Waals surface area contributed by atoms with E-state index >= 15 is 0 Å². The molecule has 3 N–H and O–H groups in total. The van der Waals surface area contributed by atoms with Crippen LogP contribution < -0.4 is 20.3 Å². The molecule has 21 nitrogen and oxygen atoms in total. The molecule has 0 saturated carbocycles. The van der Waals surface area contributed by atoms with Crippen molar-refractivity contribution in [1.29, 1.82) is 0 Å². The summed E-state index contributed by atoms with van der Waals surface area (Å²) < 4.78 is 41.1. The summed E-state index contributed by atoms with van der Waals surface area (Å²) in [6.07, 6.45) is 7.92. The molecule has 2 saturated heterocycles. The van der Waals surface area contributed by atoms with Gasteiger partial charge in [-0.15, -0.1) is 0 Å². The van der Waals surface area contributed by atoms with Gasteiger partial charge in [-0.1, -0.05) is 60.2 Å². The van der Waals surface area contributed by atoms with Crippen molar-refractivity contribution in [2.45, 2.75) is 133 Å². The monoisotopic (exact) mass is 1150 g/mol. The summed E-state index contributed by atoms with van der Waals surface area (Å²) >= 11 is 9.21. The number of allylic oxidation sites excluding steroid dienone is 3. The van der Waals surface area contributed by atoms with Crippen LogP contribution in [0.15, 0.2) is 48.1 Å². The first-order valence-corrected chi connectivity index (χ1v) is 28.9. The number of ether oxygens (including phenoxy) is 7. The van der Waals surface area contributed by atoms with Crippen LogP contribution >= 0.6 is 35.1 Å². The van der Waals surface area contributed by atoms with Gasteiger partial charge in [0.2, 0.25) is 17.7 Å². The molecule has 5 rings (SSSR count). The Balaban J connectivity index is 1.17. The highest BCUT2D eigenvalue weighted by Gasteiger charge is 2.64. The number of benzene rings is 1. The van der Waals surface area contributed by atoms with Crippen LogP contribution in [-0.4, -0.2) is 201 Å². The fourth-order valence-electron chi connectivity index (χ4n) is 9.42. The number of hydrogen-bond acceptors (Lipinski definition) is 17. The van der Waals surface area contributed by atoms with E-state index in [-0.39, 0.29) is 60.4 Å². The zero-order chi connectivity index (χ0) is 57.5. The Morgan fingerprint density at radius 3 is 2.50 bits per heavy atom. The number of esters is 1. The van der Waals surface area contributed by atoms with Crippen molar-refractivity contribution in [2.24, 2.45) is 5.92 Å². The van der Waals surface area contributed by atoms with Gasteiger partial charge in [-0.05, 0) is 82.9 Å². The quantitative estimate of drug-likeness (QED) is 0.0493. The largest absolute Gasteiger partial charge is 0.495 e. The zero-order valence-corrected chi connectivity index (χ0v) is 49.1. The van der Waals surface area contributed by atoms with Crippen molar-refractivity contribution < 1.29 is 71.8 Å². The minimum Gasteiger partial charge on any atom is -0.495 e. The molecule has 0 aromatic heterocycles. The summed E-state index contributed by atoms with van der Waals surface area (Å²) in [4.78, 5) is 98.2. The van der Waals surface area contributed by atoms with Crippen LogP contribution in [-0.2, 0) is 54.0 Å². The molecule has 4 aliphatic rings. The molecule has 434 valence electrons. The van der Waals surface area contributed by atoms with Gasteiger partial charge in [0.25, 0.3) is 5.24 Å². The van der Waals surface area contributed by atoms with E-state index in [0.29, 0.717) is 49.6 Å². The number of hydrogen-bond donors (Lipinski definition) is 3. The fraction of sp³-hybridized carbons (Fsp3) is 0.648. The number of anilines is 1. The van der Waals surface area contributed by atoms with Crippen molar-refractivity contribution in [1.82, 2.24) is 25.3 Å². The highest BCUT2D eigenvalue weighted by molar-refractivity contribution is 8.13. The second-order valence-corrected chi connectivity index (χ2v) is 22.7. The van der Waals surface area contributed by atoms with Crippen LogP contribution in [0.4, 0.5) is 20.1 Å². The molecule has 3 aliphatic heterocycles. The van der Waals surface area contributed by atoms with E-state index in [4.69, 9.17) is 44.8 Å². The van der Waals surface area contributed by atoms with Crippen LogP contribution in [0.2, 0.25) is 5.02 Å². The predicted molar refractivity (Wildman–Crippen MR) is 298 cm³/mol. The molecule has 1 aromatic rings. The third-order valence-electron chi connectivity index (χ3n) is 14.5. The highest BCUT2D eigenvalue weighted by Crippen LogP contribution is 2.49. The predicted octanol–water partition coefficient (Wildman–Crippen LogP) is 6.12. The van der Waals surface area contributed by atoms with Gasteiger partial charge < -0.3 is 63.2 Å². The number of alkyl carbamates (subject to hydrolysis) is 1. The Labute approximate surface area is 471 Å². The number of fused-ring (bicyclic) bond motifs is 5. The van der Waals surface area contributed by atoms with Crippen molar-refractivity contribution in [3.8, 4) is 5.75 Å². The average molecular weight is 1150 g/mol. The first kappa shape index (κ1) is 63.8. The number of nitrogens with one attached hydrogen (secondary N) is 2. The lowest BCUT2D eigenvalue weighted by Gasteiger charge is -2.42. The molecule has 10 atom stereocenters. The number of likely N-dealkylation sites (N-methyl/N-ethyl adjacent to an activating group) is 3. The van der Waals surface area contributed by atoms with E-state index in [1.807, 2.05) is 31.4 Å². The Morgan fingerprint density at radius 2 is 1.79 bits per heavy atom. The fourth-order valence-corrected chi connectivity index (χ4v) is 10.9. The van der Waals surface area contributed by atoms with Crippen molar-refractivity contribution in [2.75, 3.05) is 91.3 Å². The lowest BCUT2D eigenvalue weighted by atomic mass is 9.83. The molecule has 6 amide bonds. The Kier molecular flexibility index (Phi) is 24.1. The van der Waals surface area contributed by atoms with E-state index in [1.54, 1.807) is 59.3 Å². The minimum atomic E-state index is -1.88. The van der Waals surface area contributed by atoms with Crippen LogP contribution in [0, 0.1) is 5.92 Å². The number of amides is 6. The Hall–Kier alpha value is -5.04. The number of methoxy groups -OCH3 is 2. The summed E-state index contributed by atoms with van der Waals surface area (Å²) in [7, 11) is 9.07. The molecule has 3 heterocycles. The van der Waals surface area contributed by atoms with Gasteiger partial charge in [0.05, 0.1) is 43.8 Å². The summed E-state index contributed by atoms with van der Waals surface area (Å²) in [5, 5.41) is 17.1. The summed E-state index contributed by atoms with van der Waals surface area (Å²) in [6, 6.07) is 2.40. The standard InChI is InChI=1S/C54H79ClN6O15S2/c1-33-15-12-20-42(71-10)54(69)31-41(74-50(66)57-54)34(2)48-53(4,76-48)43(30-46(64)61(8)39-28-36(27-33)29-40(70-9)47(39)55)75-49(65)35(3)60(7)45(63)21-26-78-52(68)59(6)24-23-58(5)51(67)73-38-18-13-16-37(17-14-19-38)72-25-22-56-44(62)32-77-11/h12-13,15,18,20,28-29,34-35,37-38,41-43,48,69H,14,16-17,19,21-27,30-32H2,1-11H3,(H,56,62)(H,57,66)/b18-13+,20-12+,33-15+/t34-,35+,37?,38?,41+,42-,43+,48+,53+,54+/m1/s1. The number of rotatable bonds is 18. The molecular formula is C54H79ClN6O15S2. The van der Waals surface area contributed by atoms with Gasteiger partial charge in [0.1, 0.15) is 46.8 Å². The number of nitrogens with zero attached hydrogens (tertiary/aromatic N) is 4. The zero-order valence-electron chi connectivity index (χ0n) is 46.7. The lowest BCUT2D eigenvalue weighted by molar-refractivity contribution is -0.162. The van der Waals surface area contributed by atoms with Crippen LogP contribution in [0.25, 0.3) is 0 Å². The average Bonchev–Trinajstić information content (AvgIpc) is 4.23. The second-order valence-electron chi connectivity index (χ2n) is 20.4. The van der Waals surface area contributed by atoms with Crippen LogP contribution in [0.3, 0.4) is 0 Å². The SMILES string of the molecule is COc1cc2cc(c1Cl)N(C)C(=O)C[C@H](OC(=O)[C@H](C)N(C)C(=O)CCSC(=O)N(C)CCN(C)C(=O)OC1/C=C/CC(OCCNC(=O)CSC)CCC1)[C@]1(C)O[C@H]1[C@H](C)[C@@H]1C[C@@](O)(NC(=O)O1)[C@H](OC)/C=C/C=C(\C)C2. The van der Waals surface area contributed by atoms with Crippen molar-refractivity contribution >= 4 is 81.9 Å². The van der Waals surface area contributed by atoms with E-state index in [0.717, 1.165) is 35.7 Å². The Bertz CT molecular complexity index is 2400. The summed E-state index contributed by atoms with van der Waals surface area (Å²) in [6.45, 7) is 8.12. The molecule has 4 bridgehead atoms. The number of aliphatic hydroxyl groups is 1. The smallest absolute Gasteiger partial charge is 0.410 e. The lowest BCUT2D eigenvalue weighted by Crippen LogP contribution is -2.63. The third kappa shape index (κ3) is 17.5. The first-order valence-electron chi connectivity index (χ1n) is 26.1. The molecule has 78 heavy (non-hydrogen) atoms. The molecule has 2 fully saturated rings. The number of carbonyl (C=O) groups is 7. The van der Waals surface area contributed by atoms with E-state index < -0.39 is 83.8 Å². The molecule has 1 aliphatic carbocycles. The van der Waals surface area contributed by atoms with Crippen LogP contribution in [0.1, 0.15) is 78.2 Å². The minimum absolute atomic E-state index is 0.0118. The van der Waals surface area contributed by atoms with E-state index in [9.17, 15) is 38.7 Å². The van der Waals surface area contributed by atoms with Crippen molar-refractivity contribution in [3.05, 3.63) is 58.7 Å². The topological polar surface area (TPSA) is 245 Å². The first-order chi connectivity index (χ1) is 36.9. The van der Waals surface area contributed by atoms with Gasteiger partial charge in [-0.3, -0.25) is 24.5 Å². The van der Waals surface area contributed by atoms with Crippen LogP contribution in [0.5, 0.6) is 5.75 Å². The maximum absolute atomic E-state index is 14.4. The maximum atomic E-state index is 14.4. The number of carbonyl (C=O) groups excluding carboxylic acids is 7. The van der Waals surface area contributed by atoms with Gasteiger partial charge in [-0.25, -0.2) is 14.4 Å².